The Kier molecular flexibility index (Phi) is 4.30. The molecule has 19 heavy (non-hydrogen) atoms. The molecule has 0 spiro atoms. The highest BCUT2D eigenvalue weighted by Gasteiger charge is 2.17. The number of hydrogen-bond acceptors (Lipinski definition) is 0. The van der Waals surface area contributed by atoms with Gasteiger partial charge >= 0.3 is 0 Å². The van der Waals surface area contributed by atoms with E-state index in [1.54, 1.807) is 6.07 Å². The number of alkyl halides is 1. The lowest BCUT2D eigenvalue weighted by Crippen LogP contribution is -2.03. The van der Waals surface area contributed by atoms with Gasteiger partial charge in [-0.2, -0.15) is 0 Å². The number of rotatable bonds is 3. The van der Waals surface area contributed by atoms with Crippen LogP contribution >= 0.6 is 15.9 Å². The highest BCUT2D eigenvalue weighted by Crippen LogP contribution is 2.31. The van der Waals surface area contributed by atoms with E-state index in [2.05, 4.69) is 15.9 Å². The molecule has 0 aliphatic heterocycles. The fourth-order valence-electron chi connectivity index (χ4n) is 1.97. The van der Waals surface area contributed by atoms with Crippen molar-refractivity contribution >= 4 is 15.9 Å². The minimum atomic E-state index is -0.585. The van der Waals surface area contributed by atoms with Gasteiger partial charge in [-0.05, 0) is 48.7 Å². The van der Waals surface area contributed by atoms with Crippen molar-refractivity contribution < 1.29 is 13.2 Å². The van der Waals surface area contributed by atoms with E-state index in [-0.39, 0.29) is 22.6 Å². The van der Waals surface area contributed by atoms with Crippen LogP contribution in [0, 0.1) is 24.4 Å². The largest absolute Gasteiger partial charge is 0.207 e. The maximum absolute atomic E-state index is 13.6. The summed E-state index contributed by atoms with van der Waals surface area (Å²) in [6.07, 6.45) is 0.128. The molecule has 1 atom stereocenters. The van der Waals surface area contributed by atoms with Crippen LogP contribution in [0.4, 0.5) is 13.2 Å². The number of benzene rings is 2. The second-order valence-electron chi connectivity index (χ2n) is 4.37. The van der Waals surface area contributed by atoms with Crippen LogP contribution < -0.4 is 0 Å². The summed E-state index contributed by atoms with van der Waals surface area (Å²) >= 11 is 3.38. The summed E-state index contributed by atoms with van der Waals surface area (Å²) in [4.78, 5) is -0.338. The molecule has 0 N–H and O–H groups in total. The Hall–Kier alpha value is -1.29. The Bertz CT molecular complexity index is 576. The van der Waals surface area contributed by atoms with Crippen molar-refractivity contribution in [3.8, 4) is 0 Å². The molecule has 0 bridgehead atoms. The summed E-state index contributed by atoms with van der Waals surface area (Å²) in [6.45, 7) is 1.83. The Morgan fingerprint density at radius 1 is 1.05 bits per heavy atom. The maximum atomic E-state index is 13.6. The van der Waals surface area contributed by atoms with Crippen molar-refractivity contribution in [3.05, 3.63) is 70.5 Å². The minimum Gasteiger partial charge on any atom is -0.207 e. The third-order valence-electron chi connectivity index (χ3n) is 3.02. The molecule has 1 unspecified atom stereocenters. The molecular formula is C15H12BrF3. The highest BCUT2D eigenvalue weighted by molar-refractivity contribution is 9.09. The van der Waals surface area contributed by atoms with E-state index in [1.807, 2.05) is 6.92 Å². The van der Waals surface area contributed by atoms with Gasteiger partial charge in [-0.15, -0.1) is 0 Å². The van der Waals surface area contributed by atoms with E-state index in [0.29, 0.717) is 5.56 Å². The molecule has 100 valence electrons. The van der Waals surface area contributed by atoms with Crippen LogP contribution in [0.15, 0.2) is 36.4 Å². The van der Waals surface area contributed by atoms with Gasteiger partial charge in [0.05, 0.1) is 0 Å². The minimum absolute atomic E-state index is 0.00744. The average Bonchev–Trinajstić information content (AvgIpc) is 2.37. The highest BCUT2D eigenvalue weighted by atomic mass is 79.9. The van der Waals surface area contributed by atoms with Crippen LogP contribution in [0.5, 0.6) is 0 Å². The Balaban J connectivity index is 2.31. The summed E-state index contributed by atoms with van der Waals surface area (Å²) in [5.41, 5.74) is 1.58. The van der Waals surface area contributed by atoms with Gasteiger partial charge in [0.15, 0.2) is 0 Å². The van der Waals surface area contributed by atoms with Crippen LogP contribution in [-0.2, 0) is 6.42 Å². The zero-order valence-electron chi connectivity index (χ0n) is 10.3. The predicted octanol–water partition coefficient (Wildman–Crippen LogP) is 5.09. The van der Waals surface area contributed by atoms with Gasteiger partial charge in [-0.1, -0.05) is 28.1 Å². The van der Waals surface area contributed by atoms with E-state index in [0.717, 1.165) is 5.56 Å². The summed E-state index contributed by atoms with van der Waals surface area (Å²) in [5.74, 6) is -1.53. The molecule has 0 amide bonds. The predicted molar refractivity (Wildman–Crippen MR) is 72.9 cm³/mol. The van der Waals surface area contributed by atoms with Crippen LogP contribution in [0.1, 0.15) is 21.5 Å². The lowest BCUT2D eigenvalue weighted by Gasteiger charge is -2.14. The van der Waals surface area contributed by atoms with E-state index < -0.39 is 11.6 Å². The number of halogens is 4. The molecule has 2 aromatic carbocycles. The van der Waals surface area contributed by atoms with E-state index in [9.17, 15) is 13.2 Å². The van der Waals surface area contributed by atoms with Crippen molar-refractivity contribution in [2.75, 3.05) is 0 Å². The Morgan fingerprint density at radius 3 is 2.32 bits per heavy atom. The van der Waals surface area contributed by atoms with E-state index >= 15 is 0 Å². The molecule has 0 radical (unpaired) electrons. The van der Waals surface area contributed by atoms with Crippen molar-refractivity contribution in [2.24, 2.45) is 0 Å². The second-order valence-corrected chi connectivity index (χ2v) is 5.48. The smallest absolute Gasteiger partial charge is 0.129 e. The van der Waals surface area contributed by atoms with Crippen LogP contribution in [0.2, 0.25) is 0 Å². The fourth-order valence-corrected chi connectivity index (χ4v) is 2.78. The lowest BCUT2D eigenvalue weighted by atomic mass is 9.99. The van der Waals surface area contributed by atoms with E-state index in [1.165, 1.54) is 30.3 Å². The van der Waals surface area contributed by atoms with Crippen molar-refractivity contribution in [3.63, 3.8) is 0 Å². The molecule has 0 aliphatic carbocycles. The first kappa shape index (κ1) is 14.1. The third kappa shape index (κ3) is 3.18. The molecule has 0 saturated carbocycles. The Morgan fingerprint density at radius 2 is 1.68 bits per heavy atom. The first-order valence-electron chi connectivity index (χ1n) is 5.82. The molecule has 0 heterocycles. The van der Waals surface area contributed by atoms with Crippen molar-refractivity contribution in [2.45, 2.75) is 18.2 Å². The quantitative estimate of drug-likeness (QED) is 0.688. The van der Waals surface area contributed by atoms with Gasteiger partial charge < -0.3 is 0 Å². The Labute approximate surface area is 118 Å². The number of aryl methyl sites for hydroxylation is 1. The average molecular weight is 329 g/mol. The third-order valence-corrected chi connectivity index (χ3v) is 3.84. The zero-order chi connectivity index (χ0) is 14.0. The van der Waals surface area contributed by atoms with Crippen LogP contribution in [-0.4, -0.2) is 0 Å². The summed E-state index contributed by atoms with van der Waals surface area (Å²) in [6, 6.07) is 8.16. The molecular weight excluding hydrogens is 317 g/mol. The topological polar surface area (TPSA) is 0 Å². The second kappa shape index (κ2) is 5.78. The first-order chi connectivity index (χ1) is 8.99. The van der Waals surface area contributed by atoms with Gasteiger partial charge in [0.2, 0.25) is 0 Å². The molecule has 0 aromatic heterocycles. The monoisotopic (exact) mass is 328 g/mol. The van der Waals surface area contributed by atoms with Crippen molar-refractivity contribution in [1.82, 2.24) is 0 Å². The van der Waals surface area contributed by atoms with Crippen LogP contribution in [0.3, 0.4) is 0 Å². The molecule has 2 rings (SSSR count). The maximum Gasteiger partial charge on any atom is 0.129 e. The van der Waals surface area contributed by atoms with Gasteiger partial charge in [0.25, 0.3) is 0 Å². The summed E-state index contributed by atoms with van der Waals surface area (Å²) < 4.78 is 40.4. The lowest BCUT2D eigenvalue weighted by molar-refractivity contribution is 0.553. The molecule has 0 saturated heterocycles. The molecule has 2 aromatic rings. The molecule has 0 nitrogen and oxygen atoms in total. The van der Waals surface area contributed by atoms with Crippen molar-refractivity contribution in [1.29, 1.82) is 0 Å². The van der Waals surface area contributed by atoms with Gasteiger partial charge in [-0.25, -0.2) is 13.2 Å². The van der Waals surface area contributed by atoms with Gasteiger partial charge in [0, 0.05) is 10.4 Å². The molecule has 0 aliphatic rings. The SMILES string of the molecule is Cc1ccc(F)cc1C(Br)Cc1c(F)cccc1F. The van der Waals surface area contributed by atoms with Gasteiger partial charge in [-0.3, -0.25) is 0 Å². The van der Waals surface area contributed by atoms with Crippen LogP contribution in [0.25, 0.3) is 0 Å². The normalized spacial score (nSPS) is 12.5. The van der Waals surface area contributed by atoms with E-state index in [4.69, 9.17) is 0 Å². The number of hydrogen-bond donors (Lipinski definition) is 0. The summed E-state index contributed by atoms with van der Waals surface area (Å²) in [7, 11) is 0. The molecule has 4 heteroatoms. The first-order valence-corrected chi connectivity index (χ1v) is 6.73. The van der Waals surface area contributed by atoms with Gasteiger partial charge in [0.1, 0.15) is 17.5 Å². The summed E-state index contributed by atoms with van der Waals surface area (Å²) in [5, 5.41) is 0. The fraction of sp³-hybridized carbons (Fsp3) is 0.200. The standard InChI is InChI=1S/C15H12BrF3/c1-9-5-6-10(17)7-11(9)13(16)8-12-14(18)3-2-4-15(12)19/h2-7,13H,8H2,1H3. The zero-order valence-corrected chi connectivity index (χ0v) is 11.8. The molecule has 0 fully saturated rings.